The number of hydrogen-bond acceptors (Lipinski definition) is 2. The van der Waals surface area contributed by atoms with Crippen molar-refractivity contribution < 1.29 is 9.53 Å². The first-order valence-electron chi connectivity index (χ1n) is 8.01. The Morgan fingerprint density at radius 3 is 2.86 bits per heavy atom. The molecule has 0 unspecified atom stereocenters. The van der Waals surface area contributed by atoms with Crippen LogP contribution in [0.5, 0.6) is 0 Å². The van der Waals surface area contributed by atoms with E-state index in [1.807, 2.05) is 18.2 Å². The van der Waals surface area contributed by atoms with Gasteiger partial charge in [-0.1, -0.05) is 48.9 Å². The summed E-state index contributed by atoms with van der Waals surface area (Å²) in [7, 11) is 0. The van der Waals surface area contributed by atoms with Crippen LogP contribution < -0.4 is 0 Å². The SMILES string of the molecule is C=C1CC[C@]2([C@@H](C)OCc3ccccc3)CCC[C@H]1C2=O. The smallest absolute Gasteiger partial charge is 0.148 e. The molecule has 3 atom stereocenters. The van der Waals surface area contributed by atoms with Gasteiger partial charge < -0.3 is 4.74 Å². The molecule has 2 bridgehead atoms. The molecule has 2 saturated carbocycles. The third-order valence-corrected chi connectivity index (χ3v) is 5.43. The van der Waals surface area contributed by atoms with Crippen molar-refractivity contribution in [2.75, 3.05) is 0 Å². The van der Waals surface area contributed by atoms with Gasteiger partial charge in [-0.25, -0.2) is 0 Å². The summed E-state index contributed by atoms with van der Waals surface area (Å²) < 4.78 is 6.10. The number of Topliss-reactive ketones (excluding diaryl/α,β-unsaturated/α-hetero) is 1. The second kappa shape index (κ2) is 5.76. The minimum atomic E-state index is -0.265. The number of ketones is 1. The molecule has 0 radical (unpaired) electrons. The first-order valence-corrected chi connectivity index (χ1v) is 8.01. The summed E-state index contributed by atoms with van der Waals surface area (Å²) in [5.41, 5.74) is 2.05. The Bertz CT molecular complexity index is 534. The molecule has 1 aromatic rings. The van der Waals surface area contributed by atoms with Gasteiger partial charge in [0.2, 0.25) is 0 Å². The van der Waals surface area contributed by atoms with Gasteiger partial charge in [0, 0.05) is 5.92 Å². The largest absolute Gasteiger partial charge is 0.373 e. The summed E-state index contributed by atoms with van der Waals surface area (Å²) in [6, 6.07) is 10.2. The highest BCUT2D eigenvalue weighted by molar-refractivity contribution is 5.91. The Balaban J connectivity index is 1.72. The van der Waals surface area contributed by atoms with Crippen LogP contribution in [-0.4, -0.2) is 11.9 Å². The number of rotatable bonds is 4. The zero-order chi connectivity index (χ0) is 14.9. The molecule has 0 heterocycles. The lowest BCUT2D eigenvalue weighted by molar-refractivity contribution is -0.150. The highest BCUT2D eigenvalue weighted by atomic mass is 16.5. The second-order valence-electron chi connectivity index (χ2n) is 6.56. The lowest BCUT2D eigenvalue weighted by atomic mass is 9.57. The highest BCUT2D eigenvalue weighted by Crippen LogP contribution is 2.50. The predicted molar refractivity (Wildman–Crippen MR) is 83.8 cm³/mol. The lowest BCUT2D eigenvalue weighted by Gasteiger charge is -2.47. The Labute approximate surface area is 127 Å². The van der Waals surface area contributed by atoms with Gasteiger partial charge in [0.25, 0.3) is 0 Å². The van der Waals surface area contributed by atoms with E-state index < -0.39 is 0 Å². The van der Waals surface area contributed by atoms with E-state index in [0.29, 0.717) is 12.4 Å². The number of carbonyl (C=O) groups is 1. The number of fused-ring (bicyclic) bond motifs is 2. The summed E-state index contributed by atoms with van der Waals surface area (Å²) in [6.45, 7) is 6.77. The minimum Gasteiger partial charge on any atom is -0.373 e. The van der Waals surface area contributed by atoms with E-state index in [2.05, 4.69) is 25.6 Å². The molecule has 2 fully saturated rings. The molecular formula is C19H24O2. The third kappa shape index (κ3) is 2.57. The Morgan fingerprint density at radius 1 is 1.33 bits per heavy atom. The van der Waals surface area contributed by atoms with Crippen LogP contribution in [0.15, 0.2) is 42.5 Å². The van der Waals surface area contributed by atoms with E-state index in [0.717, 1.165) is 37.7 Å². The van der Waals surface area contributed by atoms with Crippen LogP contribution in [0.4, 0.5) is 0 Å². The van der Waals surface area contributed by atoms with Crippen molar-refractivity contribution in [1.29, 1.82) is 0 Å². The number of hydrogen-bond donors (Lipinski definition) is 0. The van der Waals surface area contributed by atoms with Crippen LogP contribution in [0, 0.1) is 11.3 Å². The zero-order valence-electron chi connectivity index (χ0n) is 12.8. The van der Waals surface area contributed by atoms with Crippen LogP contribution in [0.2, 0.25) is 0 Å². The molecule has 2 heteroatoms. The molecule has 0 saturated heterocycles. The monoisotopic (exact) mass is 284 g/mol. The van der Waals surface area contributed by atoms with Gasteiger partial charge >= 0.3 is 0 Å². The molecule has 2 nitrogen and oxygen atoms in total. The standard InChI is InChI=1S/C19H24O2/c1-14-10-12-19(11-6-9-17(14)18(19)20)15(2)21-13-16-7-4-3-5-8-16/h3-5,7-8,15,17H,1,6,9-13H2,2H3/t15-,17-,19+/m1/s1. The van der Waals surface area contributed by atoms with Gasteiger partial charge in [-0.15, -0.1) is 0 Å². The summed E-state index contributed by atoms with van der Waals surface area (Å²) in [4.78, 5) is 12.9. The maximum atomic E-state index is 12.9. The molecule has 3 rings (SSSR count). The van der Waals surface area contributed by atoms with E-state index in [1.165, 1.54) is 5.56 Å². The summed E-state index contributed by atoms with van der Waals surface area (Å²) in [5, 5.41) is 0. The third-order valence-electron chi connectivity index (χ3n) is 5.43. The number of ether oxygens (including phenoxy) is 1. The van der Waals surface area contributed by atoms with Crippen LogP contribution >= 0.6 is 0 Å². The molecule has 21 heavy (non-hydrogen) atoms. The maximum Gasteiger partial charge on any atom is 0.148 e. The van der Waals surface area contributed by atoms with Crippen LogP contribution in [-0.2, 0) is 16.1 Å². The zero-order valence-corrected chi connectivity index (χ0v) is 12.8. The second-order valence-corrected chi connectivity index (χ2v) is 6.56. The summed E-state index contributed by atoms with van der Waals surface area (Å²) in [5.74, 6) is 0.487. The quantitative estimate of drug-likeness (QED) is 0.771. The average Bonchev–Trinajstić information content (AvgIpc) is 2.50. The molecule has 112 valence electrons. The maximum absolute atomic E-state index is 12.9. The molecule has 1 aromatic carbocycles. The summed E-state index contributed by atoms with van der Waals surface area (Å²) in [6.07, 6.45) is 4.97. The molecule has 2 aliphatic rings. The van der Waals surface area contributed by atoms with Crippen molar-refractivity contribution in [1.82, 2.24) is 0 Å². The van der Waals surface area contributed by atoms with Crippen molar-refractivity contribution in [3.05, 3.63) is 48.0 Å². The predicted octanol–water partition coefficient (Wildman–Crippen LogP) is 4.30. The van der Waals surface area contributed by atoms with Gasteiger partial charge in [-0.2, -0.15) is 0 Å². The van der Waals surface area contributed by atoms with Gasteiger partial charge in [0.1, 0.15) is 5.78 Å². The molecule has 0 N–H and O–H groups in total. The topological polar surface area (TPSA) is 26.3 Å². The molecule has 0 aliphatic heterocycles. The fraction of sp³-hybridized carbons (Fsp3) is 0.526. The van der Waals surface area contributed by atoms with Crippen molar-refractivity contribution in [2.45, 2.75) is 51.7 Å². The Morgan fingerprint density at radius 2 is 2.10 bits per heavy atom. The van der Waals surface area contributed by atoms with Gasteiger partial charge in [0.05, 0.1) is 18.1 Å². The average molecular weight is 284 g/mol. The number of allylic oxidation sites excluding steroid dienone is 1. The van der Waals surface area contributed by atoms with E-state index in [4.69, 9.17) is 4.74 Å². The van der Waals surface area contributed by atoms with Gasteiger partial charge in [0.15, 0.2) is 0 Å². The molecule has 0 aromatic heterocycles. The number of benzene rings is 1. The van der Waals surface area contributed by atoms with Crippen molar-refractivity contribution in [2.24, 2.45) is 11.3 Å². The highest BCUT2D eigenvalue weighted by Gasteiger charge is 2.51. The molecule has 0 spiro atoms. The van der Waals surface area contributed by atoms with Crippen molar-refractivity contribution >= 4 is 5.78 Å². The minimum absolute atomic E-state index is 0.0129. The van der Waals surface area contributed by atoms with Crippen molar-refractivity contribution in [3.63, 3.8) is 0 Å². The van der Waals surface area contributed by atoms with E-state index >= 15 is 0 Å². The first-order chi connectivity index (χ1) is 10.1. The molecular weight excluding hydrogens is 260 g/mol. The van der Waals surface area contributed by atoms with Crippen LogP contribution in [0.3, 0.4) is 0 Å². The van der Waals surface area contributed by atoms with Gasteiger partial charge in [-0.05, 0) is 38.2 Å². The van der Waals surface area contributed by atoms with Crippen LogP contribution in [0.25, 0.3) is 0 Å². The Hall–Kier alpha value is -1.41. The van der Waals surface area contributed by atoms with Gasteiger partial charge in [-0.3, -0.25) is 4.79 Å². The lowest BCUT2D eigenvalue weighted by Crippen LogP contribution is -2.51. The Kier molecular flexibility index (Phi) is 3.99. The fourth-order valence-corrected chi connectivity index (χ4v) is 3.98. The van der Waals surface area contributed by atoms with E-state index in [9.17, 15) is 4.79 Å². The first kappa shape index (κ1) is 14.5. The van der Waals surface area contributed by atoms with Crippen LogP contribution in [0.1, 0.15) is 44.6 Å². The van der Waals surface area contributed by atoms with E-state index in [-0.39, 0.29) is 17.4 Å². The normalized spacial score (nSPS) is 30.2. The van der Waals surface area contributed by atoms with Crippen molar-refractivity contribution in [3.8, 4) is 0 Å². The van der Waals surface area contributed by atoms with E-state index in [1.54, 1.807) is 0 Å². The summed E-state index contributed by atoms with van der Waals surface area (Å²) >= 11 is 0. The molecule has 2 aliphatic carbocycles. The number of carbonyl (C=O) groups excluding carboxylic acids is 1. The molecule has 0 amide bonds. The fourth-order valence-electron chi connectivity index (χ4n) is 3.98.